The first-order valence-corrected chi connectivity index (χ1v) is 7.95. The number of carbonyl (C=O) groups is 1. The number of aryl methyl sites for hydroxylation is 1. The van der Waals surface area contributed by atoms with Gasteiger partial charge in [0.25, 0.3) is 0 Å². The maximum atomic E-state index is 12.8. The fourth-order valence-corrected chi connectivity index (χ4v) is 2.70. The van der Waals surface area contributed by atoms with E-state index >= 15 is 0 Å². The van der Waals surface area contributed by atoms with Crippen molar-refractivity contribution in [1.29, 1.82) is 0 Å². The molecule has 0 bridgehead atoms. The largest absolute Gasteiger partial charge is 0.433 e. The molecule has 2 heterocycles. The molecule has 1 saturated heterocycles. The van der Waals surface area contributed by atoms with Gasteiger partial charge in [0.15, 0.2) is 0 Å². The van der Waals surface area contributed by atoms with Crippen molar-refractivity contribution in [2.45, 2.75) is 52.8 Å². The van der Waals surface area contributed by atoms with Crippen LogP contribution in [0.1, 0.15) is 45.1 Å². The van der Waals surface area contributed by atoms with Gasteiger partial charge in [0, 0.05) is 30.6 Å². The van der Waals surface area contributed by atoms with E-state index in [2.05, 4.69) is 15.3 Å². The second-order valence-electron chi connectivity index (χ2n) is 7.14. The lowest BCUT2D eigenvalue weighted by Gasteiger charge is -2.36. The molecule has 1 aromatic heterocycles. The van der Waals surface area contributed by atoms with Crippen LogP contribution < -0.4 is 5.32 Å². The van der Waals surface area contributed by atoms with Crippen LogP contribution in [0.2, 0.25) is 0 Å². The molecule has 0 aromatic carbocycles. The molecule has 0 spiro atoms. The number of aromatic nitrogens is 2. The van der Waals surface area contributed by atoms with Crippen molar-refractivity contribution in [2.75, 3.05) is 18.4 Å². The molecule has 134 valence electrons. The predicted octanol–water partition coefficient (Wildman–Crippen LogP) is 3.25. The number of alkyl halides is 3. The number of amides is 1. The number of carbonyl (C=O) groups excluding carboxylic acids is 1. The Balaban J connectivity index is 2.00. The summed E-state index contributed by atoms with van der Waals surface area (Å²) in [7, 11) is 0. The molecule has 0 saturated carbocycles. The Morgan fingerprint density at radius 2 is 1.79 bits per heavy atom. The SMILES string of the molecule is Cc1nc(NC2CCN(C(=O)C(C)(C)C)CC2)cc(C(F)(F)F)n1. The van der Waals surface area contributed by atoms with Crippen LogP contribution in [0.25, 0.3) is 0 Å². The van der Waals surface area contributed by atoms with Crippen molar-refractivity contribution in [3.8, 4) is 0 Å². The number of anilines is 1. The number of nitrogens with zero attached hydrogens (tertiary/aromatic N) is 3. The van der Waals surface area contributed by atoms with Gasteiger partial charge in [-0.15, -0.1) is 0 Å². The molecule has 0 aliphatic carbocycles. The molecule has 1 aliphatic rings. The normalized spacial score (nSPS) is 17.0. The van der Waals surface area contributed by atoms with Gasteiger partial charge >= 0.3 is 6.18 Å². The van der Waals surface area contributed by atoms with Gasteiger partial charge in [0.05, 0.1) is 0 Å². The number of rotatable bonds is 2. The van der Waals surface area contributed by atoms with Crippen molar-refractivity contribution in [2.24, 2.45) is 5.41 Å². The van der Waals surface area contributed by atoms with Gasteiger partial charge in [-0.25, -0.2) is 9.97 Å². The Morgan fingerprint density at radius 1 is 1.21 bits per heavy atom. The van der Waals surface area contributed by atoms with Crippen LogP contribution >= 0.6 is 0 Å². The second kappa shape index (κ2) is 6.57. The highest BCUT2D eigenvalue weighted by Gasteiger charge is 2.34. The van der Waals surface area contributed by atoms with E-state index in [-0.39, 0.29) is 23.6 Å². The average Bonchev–Trinajstić information content (AvgIpc) is 2.45. The summed E-state index contributed by atoms with van der Waals surface area (Å²) in [5, 5.41) is 3.04. The molecule has 5 nitrogen and oxygen atoms in total. The zero-order chi connectivity index (χ0) is 18.1. The summed E-state index contributed by atoms with van der Waals surface area (Å²) in [4.78, 5) is 21.5. The molecule has 1 amide bonds. The van der Waals surface area contributed by atoms with Crippen LogP contribution in [0.4, 0.5) is 19.0 Å². The fourth-order valence-electron chi connectivity index (χ4n) is 2.70. The molecule has 1 fully saturated rings. The highest BCUT2D eigenvalue weighted by molar-refractivity contribution is 5.81. The number of hydrogen-bond donors (Lipinski definition) is 1. The minimum absolute atomic E-state index is 0.00981. The van der Waals surface area contributed by atoms with Crippen LogP contribution in [0.15, 0.2) is 6.07 Å². The third-order valence-corrected chi connectivity index (χ3v) is 3.90. The fraction of sp³-hybridized carbons (Fsp3) is 0.688. The summed E-state index contributed by atoms with van der Waals surface area (Å²) >= 11 is 0. The minimum atomic E-state index is -4.49. The summed E-state index contributed by atoms with van der Waals surface area (Å²) in [6.45, 7) is 8.24. The number of likely N-dealkylation sites (tertiary alicyclic amines) is 1. The van der Waals surface area contributed by atoms with E-state index < -0.39 is 17.3 Å². The van der Waals surface area contributed by atoms with Gasteiger partial charge < -0.3 is 10.2 Å². The van der Waals surface area contributed by atoms with Gasteiger partial charge in [0.1, 0.15) is 17.3 Å². The standard InChI is InChI=1S/C16H23F3N4O/c1-10-20-12(16(17,18)19)9-13(21-10)22-11-5-7-23(8-6-11)14(24)15(2,3)4/h9,11H,5-8H2,1-4H3,(H,20,21,22). The molecule has 0 radical (unpaired) electrons. The van der Waals surface area contributed by atoms with Gasteiger partial charge in [0.2, 0.25) is 5.91 Å². The highest BCUT2D eigenvalue weighted by atomic mass is 19.4. The Bertz CT molecular complexity index is 602. The topological polar surface area (TPSA) is 58.1 Å². The molecule has 0 unspecified atom stereocenters. The summed E-state index contributed by atoms with van der Waals surface area (Å²) < 4.78 is 38.4. The number of nitrogens with one attached hydrogen (secondary N) is 1. The highest BCUT2D eigenvalue weighted by Crippen LogP contribution is 2.29. The lowest BCUT2D eigenvalue weighted by molar-refractivity contribution is -0.141. The smallest absolute Gasteiger partial charge is 0.367 e. The Hall–Kier alpha value is -1.86. The van der Waals surface area contributed by atoms with E-state index in [1.807, 2.05) is 25.7 Å². The summed E-state index contributed by atoms with van der Waals surface area (Å²) in [6, 6.07) is 0.920. The van der Waals surface area contributed by atoms with Crippen LogP contribution in [0.5, 0.6) is 0 Å². The summed E-state index contributed by atoms with van der Waals surface area (Å²) in [6.07, 6.45) is -3.15. The Kier molecular flexibility index (Phi) is 5.05. The lowest BCUT2D eigenvalue weighted by Crippen LogP contribution is -2.46. The van der Waals surface area contributed by atoms with Gasteiger partial charge in [-0.05, 0) is 19.8 Å². The van der Waals surface area contributed by atoms with Gasteiger partial charge in [-0.3, -0.25) is 4.79 Å². The maximum absolute atomic E-state index is 12.8. The van der Waals surface area contributed by atoms with Crippen molar-refractivity contribution in [3.05, 3.63) is 17.6 Å². The lowest BCUT2D eigenvalue weighted by atomic mass is 9.93. The van der Waals surface area contributed by atoms with Crippen molar-refractivity contribution in [1.82, 2.24) is 14.9 Å². The number of piperidine rings is 1. The zero-order valence-corrected chi connectivity index (χ0v) is 14.4. The Morgan fingerprint density at radius 3 is 2.29 bits per heavy atom. The van der Waals surface area contributed by atoms with E-state index in [0.29, 0.717) is 25.9 Å². The zero-order valence-electron chi connectivity index (χ0n) is 14.4. The quantitative estimate of drug-likeness (QED) is 0.895. The maximum Gasteiger partial charge on any atom is 0.433 e. The van der Waals surface area contributed by atoms with Gasteiger partial charge in [-0.2, -0.15) is 13.2 Å². The Labute approximate surface area is 139 Å². The van der Waals surface area contributed by atoms with Gasteiger partial charge in [-0.1, -0.05) is 20.8 Å². The predicted molar refractivity (Wildman–Crippen MR) is 84.5 cm³/mol. The molecule has 1 aromatic rings. The van der Waals surface area contributed by atoms with Crippen molar-refractivity contribution >= 4 is 11.7 Å². The molecule has 1 aliphatic heterocycles. The summed E-state index contributed by atoms with van der Waals surface area (Å²) in [5.74, 6) is 0.348. The molecule has 8 heteroatoms. The van der Waals surface area contributed by atoms with Crippen molar-refractivity contribution in [3.63, 3.8) is 0 Å². The number of halogens is 3. The van der Waals surface area contributed by atoms with Crippen LogP contribution in [0.3, 0.4) is 0 Å². The molecule has 2 rings (SSSR count). The molecule has 24 heavy (non-hydrogen) atoms. The van der Waals surface area contributed by atoms with E-state index in [9.17, 15) is 18.0 Å². The molecule has 1 N–H and O–H groups in total. The first kappa shape index (κ1) is 18.5. The molecule has 0 atom stereocenters. The first-order valence-electron chi connectivity index (χ1n) is 7.95. The van der Waals surface area contributed by atoms with Crippen molar-refractivity contribution < 1.29 is 18.0 Å². The van der Waals surface area contributed by atoms with Crippen LogP contribution in [-0.2, 0) is 11.0 Å². The monoisotopic (exact) mass is 344 g/mol. The van der Waals surface area contributed by atoms with E-state index in [4.69, 9.17) is 0 Å². The number of hydrogen-bond acceptors (Lipinski definition) is 4. The summed E-state index contributed by atoms with van der Waals surface area (Å²) in [5.41, 5.74) is -1.37. The minimum Gasteiger partial charge on any atom is -0.367 e. The van der Waals surface area contributed by atoms with E-state index in [1.165, 1.54) is 6.92 Å². The van der Waals surface area contributed by atoms with Crippen LogP contribution in [0, 0.1) is 12.3 Å². The third kappa shape index (κ3) is 4.58. The van der Waals surface area contributed by atoms with Crippen LogP contribution in [-0.4, -0.2) is 39.9 Å². The first-order chi connectivity index (χ1) is 11.0. The third-order valence-electron chi connectivity index (χ3n) is 3.90. The van der Waals surface area contributed by atoms with E-state index in [1.54, 1.807) is 0 Å². The van der Waals surface area contributed by atoms with E-state index in [0.717, 1.165) is 6.07 Å². The molecular weight excluding hydrogens is 321 g/mol. The average molecular weight is 344 g/mol. The molecular formula is C16H23F3N4O. The second-order valence-corrected chi connectivity index (χ2v) is 7.14.